The number of rotatable bonds is 5. The summed E-state index contributed by atoms with van der Waals surface area (Å²) < 4.78 is 34.6. The van der Waals surface area contributed by atoms with Crippen LogP contribution in [0.25, 0.3) is 0 Å². The summed E-state index contributed by atoms with van der Waals surface area (Å²) in [6, 6.07) is 2.01. The average Bonchev–Trinajstić information content (AvgIpc) is 2.74. The Morgan fingerprint density at radius 1 is 1.46 bits per heavy atom. The first kappa shape index (κ1) is 17.1. The van der Waals surface area contributed by atoms with Crippen molar-refractivity contribution < 1.29 is 22.7 Å². The molecule has 1 amide bonds. The molecule has 0 aromatic carbocycles. The number of hydrogen-bond acceptors (Lipinski definition) is 7. The lowest BCUT2D eigenvalue weighted by Crippen LogP contribution is -2.69. The zero-order valence-corrected chi connectivity index (χ0v) is 14.6. The molecule has 0 aliphatic carbocycles. The van der Waals surface area contributed by atoms with Gasteiger partial charge in [0.2, 0.25) is 5.91 Å². The molecule has 2 aliphatic rings. The first-order chi connectivity index (χ1) is 11.4. The van der Waals surface area contributed by atoms with Gasteiger partial charge in [0.15, 0.2) is 9.84 Å². The largest absolute Gasteiger partial charge is 0.463 e. The molecule has 9 heteroatoms. The highest BCUT2D eigenvalue weighted by molar-refractivity contribution is 7.93. The summed E-state index contributed by atoms with van der Waals surface area (Å²) in [5.41, 5.74) is 0.786. The van der Waals surface area contributed by atoms with E-state index in [2.05, 4.69) is 9.97 Å². The van der Waals surface area contributed by atoms with E-state index in [1.54, 1.807) is 12.3 Å². The van der Waals surface area contributed by atoms with Crippen molar-refractivity contribution in [2.45, 2.75) is 18.1 Å². The zero-order chi connectivity index (χ0) is 17.4. The highest BCUT2D eigenvalue weighted by atomic mass is 32.2. The summed E-state index contributed by atoms with van der Waals surface area (Å²) in [6.45, 7) is 2.45. The smallest absolute Gasteiger partial charge is 0.316 e. The minimum absolute atomic E-state index is 0.0333. The molecule has 1 spiro atoms. The lowest BCUT2D eigenvalue weighted by atomic mass is 9.83. The zero-order valence-electron chi connectivity index (χ0n) is 13.8. The summed E-state index contributed by atoms with van der Waals surface area (Å²) in [4.78, 5) is 21.6. The Morgan fingerprint density at radius 3 is 2.88 bits per heavy atom. The number of ether oxygens (including phenoxy) is 2. The van der Waals surface area contributed by atoms with Crippen LogP contribution in [0.15, 0.2) is 12.3 Å². The van der Waals surface area contributed by atoms with Crippen LogP contribution >= 0.6 is 0 Å². The quantitative estimate of drug-likeness (QED) is 0.723. The minimum Gasteiger partial charge on any atom is -0.463 e. The van der Waals surface area contributed by atoms with Gasteiger partial charge in [0.05, 0.1) is 12.4 Å². The maximum atomic E-state index is 12.5. The van der Waals surface area contributed by atoms with E-state index in [-0.39, 0.29) is 49.9 Å². The number of amides is 1. The van der Waals surface area contributed by atoms with E-state index in [1.165, 1.54) is 12.0 Å². The SMILES string of the molecule is COCC(=O)N1CC2(C1)C(COc1nccc(C)n1)CCS2(=O)=O. The Hall–Kier alpha value is -1.74. The maximum Gasteiger partial charge on any atom is 0.316 e. The molecule has 1 unspecified atom stereocenters. The third-order valence-electron chi connectivity index (χ3n) is 4.82. The van der Waals surface area contributed by atoms with Gasteiger partial charge in [0.25, 0.3) is 0 Å². The molecular formula is C15H21N3O5S. The summed E-state index contributed by atoms with van der Waals surface area (Å²) in [7, 11) is -1.81. The number of methoxy groups -OCH3 is 1. The molecule has 1 aromatic heterocycles. The normalized spacial score (nSPS) is 23.9. The molecule has 0 saturated carbocycles. The number of carbonyl (C=O) groups is 1. The maximum absolute atomic E-state index is 12.5. The van der Waals surface area contributed by atoms with Crippen molar-refractivity contribution in [3.05, 3.63) is 18.0 Å². The van der Waals surface area contributed by atoms with Crippen molar-refractivity contribution in [1.29, 1.82) is 0 Å². The van der Waals surface area contributed by atoms with Crippen LogP contribution in [0, 0.1) is 12.8 Å². The molecule has 24 heavy (non-hydrogen) atoms. The third-order valence-corrected chi connectivity index (χ3v) is 7.43. The van der Waals surface area contributed by atoms with Gasteiger partial charge < -0.3 is 14.4 Å². The third kappa shape index (κ3) is 2.86. The molecule has 0 N–H and O–H groups in total. The molecule has 0 bridgehead atoms. The van der Waals surface area contributed by atoms with E-state index in [0.717, 1.165) is 5.69 Å². The van der Waals surface area contributed by atoms with E-state index in [9.17, 15) is 13.2 Å². The molecule has 3 heterocycles. The predicted molar refractivity (Wildman–Crippen MR) is 85.3 cm³/mol. The van der Waals surface area contributed by atoms with Crippen LogP contribution in [0.3, 0.4) is 0 Å². The van der Waals surface area contributed by atoms with Gasteiger partial charge in [-0.25, -0.2) is 18.4 Å². The number of hydrogen-bond donors (Lipinski definition) is 0. The van der Waals surface area contributed by atoms with E-state index >= 15 is 0 Å². The molecule has 8 nitrogen and oxygen atoms in total. The van der Waals surface area contributed by atoms with Crippen LogP contribution in [0.1, 0.15) is 12.1 Å². The van der Waals surface area contributed by atoms with Gasteiger partial charge in [-0.3, -0.25) is 4.79 Å². The Balaban J connectivity index is 1.68. The first-order valence-electron chi connectivity index (χ1n) is 7.79. The molecule has 2 saturated heterocycles. The van der Waals surface area contributed by atoms with Gasteiger partial charge in [0.1, 0.15) is 11.4 Å². The van der Waals surface area contributed by atoms with E-state index in [1.807, 2.05) is 6.92 Å². The van der Waals surface area contributed by atoms with Crippen LogP contribution in [0.5, 0.6) is 6.01 Å². The number of aromatic nitrogens is 2. The van der Waals surface area contributed by atoms with Crippen molar-refractivity contribution in [2.75, 3.05) is 39.2 Å². The van der Waals surface area contributed by atoms with Crippen molar-refractivity contribution in [3.63, 3.8) is 0 Å². The Morgan fingerprint density at radius 2 is 2.21 bits per heavy atom. The number of aryl methyl sites for hydroxylation is 1. The Bertz CT molecular complexity index is 730. The van der Waals surface area contributed by atoms with Crippen LogP contribution < -0.4 is 4.74 Å². The fourth-order valence-corrected chi connectivity index (χ4v) is 5.77. The van der Waals surface area contributed by atoms with Crippen molar-refractivity contribution in [1.82, 2.24) is 14.9 Å². The predicted octanol–water partition coefficient (Wildman–Crippen LogP) is -0.174. The highest BCUT2D eigenvalue weighted by Crippen LogP contribution is 2.44. The second-order valence-corrected chi connectivity index (χ2v) is 8.79. The van der Waals surface area contributed by atoms with Crippen LogP contribution in [-0.2, 0) is 19.4 Å². The first-order valence-corrected chi connectivity index (χ1v) is 9.45. The summed E-state index contributed by atoms with van der Waals surface area (Å²) in [5.74, 6) is -0.229. The van der Waals surface area contributed by atoms with Gasteiger partial charge in [0, 0.05) is 38.0 Å². The molecule has 1 aromatic rings. The fraction of sp³-hybridized carbons (Fsp3) is 0.667. The fourth-order valence-electron chi connectivity index (χ4n) is 3.37. The van der Waals surface area contributed by atoms with Crippen LogP contribution in [-0.4, -0.2) is 73.1 Å². The van der Waals surface area contributed by atoms with Crippen molar-refractivity contribution in [3.8, 4) is 6.01 Å². The highest BCUT2D eigenvalue weighted by Gasteiger charge is 2.62. The number of carbonyl (C=O) groups excluding carboxylic acids is 1. The van der Waals surface area contributed by atoms with Crippen molar-refractivity contribution in [2.24, 2.45) is 5.92 Å². The molecule has 0 radical (unpaired) electrons. The number of sulfone groups is 1. The second-order valence-electron chi connectivity index (χ2n) is 6.34. The average molecular weight is 355 g/mol. The lowest BCUT2D eigenvalue weighted by Gasteiger charge is -2.49. The van der Waals surface area contributed by atoms with Gasteiger partial charge in [-0.05, 0) is 19.4 Å². The van der Waals surface area contributed by atoms with Gasteiger partial charge in [-0.15, -0.1) is 0 Å². The van der Waals surface area contributed by atoms with E-state index < -0.39 is 14.6 Å². The van der Waals surface area contributed by atoms with Gasteiger partial charge in [-0.1, -0.05) is 0 Å². The monoisotopic (exact) mass is 355 g/mol. The summed E-state index contributed by atoms with van der Waals surface area (Å²) in [6.07, 6.45) is 2.13. The second kappa shape index (κ2) is 6.29. The van der Waals surface area contributed by atoms with Crippen LogP contribution in [0.4, 0.5) is 0 Å². The Kier molecular flexibility index (Phi) is 4.48. The molecule has 1 atom stereocenters. The molecule has 2 aliphatic heterocycles. The number of nitrogens with zero attached hydrogens (tertiary/aromatic N) is 3. The van der Waals surface area contributed by atoms with Gasteiger partial charge in [-0.2, -0.15) is 0 Å². The molecule has 2 fully saturated rings. The summed E-state index contributed by atoms with van der Waals surface area (Å²) in [5, 5.41) is 0. The minimum atomic E-state index is -3.25. The van der Waals surface area contributed by atoms with E-state index in [4.69, 9.17) is 9.47 Å². The van der Waals surface area contributed by atoms with Crippen LogP contribution in [0.2, 0.25) is 0 Å². The molecule has 132 valence electrons. The van der Waals surface area contributed by atoms with E-state index in [0.29, 0.717) is 6.42 Å². The summed E-state index contributed by atoms with van der Waals surface area (Å²) >= 11 is 0. The lowest BCUT2D eigenvalue weighted by molar-refractivity contribution is -0.141. The Labute approximate surface area is 141 Å². The van der Waals surface area contributed by atoms with Gasteiger partial charge >= 0.3 is 6.01 Å². The van der Waals surface area contributed by atoms with Crippen molar-refractivity contribution >= 4 is 15.7 Å². The standard InChI is InChI=1S/C15H21N3O5S/c1-11-3-5-16-14(17-11)23-7-12-4-6-24(20,21)15(12)9-18(10-15)13(19)8-22-2/h3,5,12H,4,6-10H2,1-2H3. The molecule has 3 rings (SSSR count). The molecular weight excluding hydrogens is 334 g/mol. The topological polar surface area (TPSA) is 98.7 Å². The number of likely N-dealkylation sites (tertiary alicyclic amines) is 1.